The Morgan fingerprint density at radius 2 is 2.07 bits per heavy atom. The Morgan fingerprint density at radius 1 is 1.33 bits per heavy atom. The Morgan fingerprint density at radius 3 is 2.73 bits per heavy atom. The fourth-order valence-corrected chi connectivity index (χ4v) is 1.94. The van der Waals surface area contributed by atoms with Crippen molar-refractivity contribution in [3.63, 3.8) is 0 Å². The largest absolute Gasteiger partial charge is 0.240 e. The second kappa shape index (κ2) is 3.56. The topological polar surface area (TPSA) is 17.3 Å². The van der Waals surface area contributed by atoms with Crippen LogP contribution in [-0.4, -0.2) is 15.9 Å². The molecule has 0 atom stereocenters. The van der Waals surface area contributed by atoms with Gasteiger partial charge in [0.15, 0.2) is 0 Å². The number of hydrogen-bond acceptors (Lipinski definition) is 2. The minimum atomic E-state index is 0.147. The van der Waals surface area contributed by atoms with Crippen molar-refractivity contribution in [1.29, 1.82) is 0 Å². The Hall–Kier alpha value is -0.960. The van der Waals surface area contributed by atoms with Crippen LogP contribution in [0.2, 0.25) is 0 Å². The van der Waals surface area contributed by atoms with Crippen molar-refractivity contribution in [2.24, 2.45) is 0 Å². The molecule has 0 aromatic carbocycles. The molecular formula is C12H16N2S. The zero-order chi connectivity index (χ0) is 11.1. The van der Waals surface area contributed by atoms with Gasteiger partial charge in [0, 0.05) is 10.9 Å². The highest BCUT2D eigenvalue weighted by Crippen LogP contribution is 2.33. The molecule has 0 saturated carbocycles. The number of hydrogen-bond donors (Lipinski definition) is 0. The van der Waals surface area contributed by atoms with E-state index >= 15 is 0 Å². The van der Waals surface area contributed by atoms with Gasteiger partial charge >= 0.3 is 0 Å². The van der Waals surface area contributed by atoms with Gasteiger partial charge in [0.25, 0.3) is 0 Å². The molecule has 2 nitrogen and oxygen atoms in total. The van der Waals surface area contributed by atoms with E-state index in [4.69, 9.17) is 0 Å². The van der Waals surface area contributed by atoms with E-state index in [1.54, 1.807) is 0 Å². The summed E-state index contributed by atoms with van der Waals surface area (Å²) in [5, 5.41) is 4.33. The number of nitrogens with zero attached hydrogens (tertiary/aromatic N) is 2. The quantitative estimate of drug-likeness (QED) is 0.773. The molecule has 2 aromatic heterocycles. The summed E-state index contributed by atoms with van der Waals surface area (Å²) < 4.78 is 2.11. The number of aryl methyl sites for hydroxylation is 1. The third kappa shape index (κ3) is 1.76. The first-order valence-electron chi connectivity index (χ1n) is 5.04. The Kier molecular flexibility index (Phi) is 2.51. The zero-order valence-electron chi connectivity index (χ0n) is 9.61. The van der Waals surface area contributed by atoms with Crippen LogP contribution in [0.1, 0.15) is 25.0 Å². The maximum absolute atomic E-state index is 4.33. The Labute approximate surface area is 94.7 Å². The summed E-state index contributed by atoms with van der Waals surface area (Å²) in [5.41, 5.74) is 3.73. The lowest BCUT2D eigenvalue weighted by atomic mass is 10.0. The third-order valence-corrected chi connectivity index (χ3v) is 4.17. The van der Waals surface area contributed by atoms with Gasteiger partial charge in [-0.05, 0) is 44.2 Å². The van der Waals surface area contributed by atoms with E-state index in [2.05, 4.69) is 50.5 Å². The van der Waals surface area contributed by atoms with Gasteiger partial charge < -0.3 is 0 Å². The Balaban J connectivity index is 2.57. The van der Waals surface area contributed by atoms with Crippen LogP contribution >= 0.6 is 11.8 Å². The van der Waals surface area contributed by atoms with Crippen LogP contribution in [0.5, 0.6) is 0 Å². The van der Waals surface area contributed by atoms with E-state index in [0.29, 0.717) is 0 Å². The minimum Gasteiger partial charge on any atom is -0.240 e. The lowest BCUT2D eigenvalue weighted by Gasteiger charge is -2.22. The van der Waals surface area contributed by atoms with E-state index < -0.39 is 0 Å². The molecule has 2 rings (SSSR count). The fraction of sp³-hybridized carbons (Fsp3) is 0.417. The number of fused-ring (bicyclic) bond motifs is 1. The van der Waals surface area contributed by atoms with E-state index in [1.807, 2.05) is 22.5 Å². The lowest BCUT2D eigenvalue weighted by Crippen LogP contribution is -2.12. The predicted octanol–water partition coefficient (Wildman–Crippen LogP) is 3.24. The van der Waals surface area contributed by atoms with Crippen molar-refractivity contribution < 1.29 is 0 Å². The molecule has 0 amide bonds. The molecule has 0 bridgehead atoms. The molecule has 0 spiro atoms. The number of pyridine rings is 1. The second-order valence-corrected chi connectivity index (χ2v) is 5.72. The average Bonchev–Trinajstić information content (AvgIpc) is 2.60. The summed E-state index contributed by atoms with van der Waals surface area (Å²) in [7, 11) is 0. The molecule has 0 N–H and O–H groups in total. The lowest BCUT2D eigenvalue weighted by molar-refractivity contribution is 0.768. The maximum Gasteiger partial charge on any atom is 0.0690 e. The highest BCUT2D eigenvalue weighted by molar-refractivity contribution is 7.99. The molecule has 0 aliphatic heterocycles. The van der Waals surface area contributed by atoms with Gasteiger partial charge in [-0.2, -0.15) is 16.9 Å². The highest BCUT2D eigenvalue weighted by Gasteiger charge is 2.19. The van der Waals surface area contributed by atoms with Crippen LogP contribution in [-0.2, 0) is 4.75 Å². The van der Waals surface area contributed by atoms with Gasteiger partial charge in [0.1, 0.15) is 0 Å². The van der Waals surface area contributed by atoms with Crippen molar-refractivity contribution in [2.75, 3.05) is 6.26 Å². The molecule has 0 unspecified atom stereocenters. The SMILES string of the molecule is CSC(C)(C)c1ccc2c(C)cnn2c1. The summed E-state index contributed by atoms with van der Waals surface area (Å²) in [5.74, 6) is 0. The summed E-state index contributed by atoms with van der Waals surface area (Å²) in [6.07, 6.45) is 6.17. The molecule has 0 radical (unpaired) electrons. The van der Waals surface area contributed by atoms with Gasteiger partial charge in [-0.3, -0.25) is 0 Å². The predicted molar refractivity (Wildman–Crippen MR) is 66.5 cm³/mol. The second-order valence-electron chi connectivity index (χ2n) is 4.29. The average molecular weight is 220 g/mol. The van der Waals surface area contributed by atoms with Gasteiger partial charge in [-0.1, -0.05) is 6.07 Å². The number of rotatable bonds is 2. The normalized spacial score (nSPS) is 12.3. The molecule has 0 saturated heterocycles. The molecular weight excluding hydrogens is 204 g/mol. The van der Waals surface area contributed by atoms with Crippen molar-refractivity contribution in [1.82, 2.24) is 9.61 Å². The fourth-order valence-electron chi connectivity index (χ4n) is 1.59. The first-order chi connectivity index (χ1) is 7.04. The van der Waals surface area contributed by atoms with Crippen molar-refractivity contribution >= 4 is 17.3 Å². The first-order valence-corrected chi connectivity index (χ1v) is 6.27. The van der Waals surface area contributed by atoms with Crippen molar-refractivity contribution in [3.8, 4) is 0 Å². The van der Waals surface area contributed by atoms with Crippen LogP contribution in [0.3, 0.4) is 0 Å². The number of thioether (sulfide) groups is 1. The zero-order valence-corrected chi connectivity index (χ0v) is 10.4. The summed E-state index contributed by atoms with van der Waals surface area (Å²) in [6, 6.07) is 4.34. The standard InChI is InChI=1S/C12H16N2S/c1-9-7-13-14-8-10(5-6-11(9)14)12(2,3)15-4/h5-8H,1-4H3. The van der Waals surface area contributed by atoms with Crippen LogP contribution in [0.4, 0.5) is 0 Å². The van der Waals surface area contributed by atoms with Gasteiger partial charge in [0.2, 0.25) is 0 Å². The van der Waals surface area contributed by atoms with Crippen molar-refractivity contribution in [3.05, 3.63) is 35.7 Å². The van der Waals surface area contributed by atoms with Gasteiger partial charge in [0.05, 0.1) is 11.7 Å². The third-order valence-electron chi connectivity index (χ3n) is 2.91. The van der Waals surface area contributed by atoms with Crippen LogP contribution < -0.4 is 0 Å². The molecule has 0 aliphatic carbocycles. The number of aromatic nitrogens is 2. The van der Waals surface area contributed by atoms with E-state index in [0.717, 1.165) is 0 Å². The minimum absolute atomic E-state index is 0.147. The maximum atomic E-state index is 4.33. The smallest absolute Gasteiger partial charge is 0.0690 e. The molecule has 0 aliphatic rings. The highest BCUT2D eigenvalue weighted by atomic mass is 32.2. The van der Waals surface area contributed by atoms with Gasteiger partial charge in [-0.15, -0.1) is 0 Å². The van der Waals surface area contributed by atoms with E-state index in [1.165, 1.54) is 16.6 Å². The summed E-state index contributed by atoms with van der Waals surface area (Å²) >= 11 is 1.85. The van der Waals surface area contributed by atoms with Crippen molar-refractivity contribution in [2.45, 2.75) is 25.5 Å². The molecule has 0 fully saturated rings. The summed E-state index contributed by atoms with van der Waals surface area (Å²) in [4.78, 5) is 0. The Bertz CT molecular complexity index is 485. The van der Waals surface area contributed by atoms with Crippen LogP contribution in [0, 0.1) is 6.92 Å². The van der Waals surface area contributed by atoms with Crippen LogP contribution in [0.25, 0.3) is 5.52 Å². The van der Waals surface area contributed by atoms with E-state index in [-0.39, 0.29) is 4.75 Å². The van der Waals surface area contributed by atoms with Crippen LogP contribution in [0.15, 0.2) is 24.5 Å². The molecule has 15 heavy (non-hydrogen) atoms. The molecule has 2 aromatic rings. The molecule has 2 heterocycles. The van der Waals surface area contributed by atoms with Gasteiger partial charge in [-0.25, -0.2) is 4.52 Å². The van der Waals surface area contributed by atoms with E-state index in [9.17, 15) is 0 Å². The summed E-state index contributed by atoms with van der Waals surface area (Å²) in [6.45, 7) is 6.55. The molecule has 80 valence electrons. The monoisotopic (exact) mass is 220 g/mol. The molecule has 3 heteroatoms. The first kappa shape index (κ1) is 10.6.